The fourth-order valence-electron chi connectivity index (χ4n) is 3.69. The highest BCUT2D eigenvalue weighted by Gasteiger charge is 2.26. The van der Waals surface area contributed by atoms with Crippen molar-refractivity contribution in [1.29, 1.82) is 0 Å². The van der Waals surface area contributed by atoms with Gasteiger partial charge in [-0.05, 0) is 33.1 Å². The minimum Gasteiger partial charge on any atom is -0.357 e. The number of nitrogens with one attached hydrogen (secondary N) is 2. The van der Waals surface area contributed by atoms with Crippen LogP contribution in [0.4, 0.5) is 0 Å². The first-order chi connectivity index (χ1) is 14.1. The van der Waals surface area contributed by atoms with Gasteiger partial charge in [-0.2, -0.15) is 0 Å². The summed E-state index contributed by atoms with van der Waals surface area (Å²) in [6, 6.07) is 10.6. The van der Waals surface area contributed by atoms with Gasteiger partial charge in [0.1, 0.15) is 5.01 Å². The molecule has 0 spiro atoms. The Morgan fingerprint density at radius 2 is 2.03 bits per heavy atom. The minimum absolute atomic E-state index is 0. The molecule has 1 aromatic heterocycles. The molecule has 1 fully saturated rings. The summed E-state index contributed by atoms with van der Waals surface area (Å²) >= 11 is 1.71. The first-order valence-corrected chi connectivity index (χ1v) is 12.7. The average molecular weight is 561 g/mol. The van der Waals surface area contributed by atoms with Crippen molar-refractivity contribution in [3.8, 4) is 10.6 Å². The van der Waals surface area contributed by atoms with Gasteiger partial charge in [0, 0.05) is 44.8 Å². The van der Waals surface area contributed by atoms with Gasteiger partial charge in [0.05, 0.1) is 12.2 Å². The monoisotopic (exact) mass is 560 g/mol. The van der Waals surface area contributed by atoms with Crippen molar-refractivity contribution in [2.45, 2.75) is 64.3 Å². The first kappa shape index (κ1) is 25.3. The summed E-state index contributed by atoms with van der Waals surface area (Å²) in [5.74, 6) is 1.59. The van der Waals surface area contributed by atoms with E-state index in [0.717, 1.165) is 60.2 Å². The van der Waals surface area contributed by atoms with Crippen molar-refractivity contribution >= 4 is 52.1 Å². The molecule has 30 heavy (non-hydrogen) atoms. The lowest BCUT2D eigenvalue weighted by Crippen LogP contribution is -2.46. The normalized spacial score (nSPS) is 20.3. The molecule has 1 heterocycles. The molecule has 5 nitrogen and oxygen atoms in total. The van der Waals surface area contributed by atoms with Crippen LogP contribution in [-0.2, 0) is 17.3 Å². The average Bonchev–Trinajstić information content (AvgIpc) is 3.13. The van der Waals surface area contributed by atoms with Crippen molar-refractivity contribution in [3.05, 3.63) is 40.9 Å². The second kappa shape index (κ2) is 12.8. The molecular weight excluding hydrogens is 527 g/mol. The van der Waals surface area contributed by atoms with E-state index in [-0.39, 0.29) is 24.0 Å². The van der Waals surface area contributed by atoms with Crippen LogP contribution in [-0.4, -0.2) is 38.7 Å². The second-order valence-electron chi connectivity index (χ2n) is 7.39. The number of halogens is 1. The molecule has 0 amide bonds. The molecule has 0 aliphatic heterocycles. The number of nitrogens with zero attached hydrogens (tertiary/aromatic N) is 2. The van der Waals surface area contributed by atoms with E-state index in [2.05, 4.69) is 36.6 Å². The van der Waals surface area contributed by atoms with E-state index in [1.54, 1.807) is 11.3 Å². The number of hydrogen-bond donors (Lipinski definition) is 2. The number of thiazole rings is 1. The van der Waals surface area contributed by atoms with Crippen LogP contribution in [0.15, 0.2) is 35.3 Å². The Morgan fingerprint density at radius 3 is 2.73 bits per heavy atom. The molecule has 3 rings (SSSR count). The van der Waals surface area contributed by atoms with Crippen molar-refractivity contribution < 1.29 is 4.21 Å². The summed E-state index contributed by atoms with van der Waals surface area (Å²) in [6.07, 6.45) is 4.28. The van der Waals surface area contributed by atoms with Crippen LogP contribution in [0.25, 0.3) is 10.6 Å². The van der Waals surface area contributed by atoms with E-state index in [0.29, 0.717) is 17.8 Å². The zero-order valence-corrected chi connectivity index (χ0v) is 22.0. The number of benzene rings is 1. The number of hydrogen-bond acceptors (Lipinski definition) is 4. The maximum absolute atomic E-state index is 12.2. The number of aromatic nitrogens is 1. The number of aryl methyl sites for hydroxylation is 1. The van der Waals surface area contributed by atoms with Crippen molar-refractivity contribution in [1.82, 2.24) is 15.6 Å². The lowest BCUT2D eigenvalue weighted by atomic mass is 9.95. The Balaban J connectivity index is 0.00000320. The summed E-state index contributed by atoms with van der Waals surface area (Å²) in [4.78, 5) is 10.7. The summed E-state index contributed by atoms with van der Waals surface area (Å²) in [6.45, 7) is 7.58. The largest absolute Gasteiger partial charge is 0.357 e. The highest BCUT2D eigenvalue weighted by atomic mass is 127. The van der Waals surface area contributed by atoms with E-state index < -0.39 is 10.8 Å². The van der Waals surface area contributed by atoms with E-state index >= 15 is 0 Å². The third-order valence-electron chi connectivity index (χ3n) is 5.26. The number of aliphatic imine (C=N–C) groups is 1. The van der Waals surface area contributed by atoms with Gasteiger partial charge in [-0.3, -0.25) is 4.21 Å². The summed E-state index contributed by atoms with van der Waals surface area (Å²) in [5.41, 5.74) is 2.20. The van der Waals surface area contributed by atoms with E-state index in [1.165, 1.54) is 4.88 Å². The molecule has 8 heteroatoms. The molecule has 1 saturated carbocycles. The van der Waals surface area contributed by atoms with Gasteiger partial charge in [0.25, 0.3) is 0 Å². The second-order valence-corrected chi connectivity index (χ2v) is 10.5. The predicted octanol–water partition coefficient (Wildman–Crippen LogP) is 4.87. The van der Waals surface area contributed by atoms with Gasteiger partial charge in [-0.1, -0.05) is 43.7 Å². The van der Waals surface area contributed by atoms with Crippen LogP contribution in [0, 0.1) is 6.92 Å². The third kappa shape index (κ3) is 7.02. The van der Waals surface area contributed by atoms with E-state index in [9.17, 15) is 4.21 Å². The maximum Gasteiger partial charge on any atom is 0.191 e. The standard InChI is InChI=1S/C22H32N4OS2.HI/c1-4-23-22(26-18-12-9-13-19(14-18)29(27)5-2)24-15-20-16(3)25-21(28-20)17-10-7-6-8-11-17;/h6-8,10-11,18-19H,4-5,9,12-15H2,1-3H3,(H2,23,24,26);1H. The molecular formula is C22H33IN4OS2. The van der Waals surface area contributed by atoms with Crippen LogP contribution >= 0.6 is 35.3 Å². The maximum atomic E-state index is 12.2. The van der Waals surface area contributed by atoms with Gasteiger partial charge in [0.15, 0.2) is 5.96 Å². The lowest BCUT2D eigenvalue weighted by Gasteiger charge is -2.30. The van der Waals surface area contributed by atoms with E-state index in [4.69, 9.17) is 9.98 Å². The highest BCUT2D eigenvalue weighted by Crippen LogP contribution is 2.28. The predicted molar refractivity (Wildman–Crippen MR) is 140 cm³/mol. The molecule has 2 N–H and O–H groups in total. The summed E-state index contributed by atoms with van der Waals surface area (Å²) in [5, 5.41) is 8.30. The quantitative estimate of drug-likeness (QED) is 0.288. The van der Waals surface area contributed by atoms with Crippen molar-refractivity contribution in [2.75, 3.05) is 12.3 Å². The Hall–Kier alpha value is -1.00. The van der Waals surface area contributed by atoms with Gasteiger partial charge in [0.2, 0.25) is 0 Å². The van der Waals surface area contributed by atoms with Crippen LogP contribution in [0.5, 0.6) is 0 Å². The number of rotatable bonds is 7. The Labute approximate surface area is 204 Å². The molecule has 3 unspecified atom stereocenters. The van der Waals surface area contributed by atoms with Crippen molar-refractivity contribution in [3.63, 3.8) is 0 Å². The fraction of sp³-hybridized carbons (Fsp3) is 0.545. The van der Waals surface area contributed by atoms with Gasteiger partial charge in [-0.15, -0.1) is 35.3 Å². The van der Waals surface area contributed by atoms with Crippen molar-refractivity contribution in [2.24, 2.45) is 4.99 Å². The van der Waals surface area contributed by atoms with Crippen LogP contribution in [0.2, 0.25) is 0 Å². The summed E-state index contributed by atoms with van der Waals surface area (Å²) < 4.78 is 12.2. The van der Waals surface area contributed by atoms with Gasteiger partial charge in [-0.25, -0.2) is 9.98 Å². The van der Waals surface area contributed by atoms with Crippen LogP contribution in [0.1, 0.15) is 50.1 Å². The van der Waals surface area contributed by atoms with Gasteiger partial charge >= 0.3 is 0 Å². The fourth-order valence-corrected chi connectivity index (χ4v) is 6.03. The molecule has 1 aliphatic carbocycles. The zero-order chi connectivity index (χ0) is 20.6. The molecule has 0 saturated heterocycles. The number of guanidine groups is 1. The Bertz CT molecular complexity index is 841. The minimum atomic E-state index is -0.712. The van der Waals surface area contributed by atoms with E-state index in [1.807, 2.05) is 25.1 Å². The Kier molecular flexibility index (Phi) is 10.7. The summed E-state index contributed by atoms with van der Waals surface area (Å²) in [7, 11) is -0.712. The molecule has 1 aliphatic rings. The topological polar surface area (TPSA) is 66.4 Å². The van der Waals surface area contributed by atoms with Gasteiger partial charge < -0.3 is 10.6 Å². The zero-order valence-electron chi connectivity index (χ0n) is 18.0. The molecule has 2 aromatic rings. The van der Waals surface area contributed by atoms with Crippen LogP contribution in [0.3, 0.4) is 0 Å². The first-order valence-electron chi connectivity index (χ1n) is 10.5. The third-order valence-corrected chi connectivity index (χ3v) is 8.19. The smallest absolute Gasteiger partial charge is 0.191 e. The molecule has 0 radical (unpaired) electrons. The lowest BCUT2D eigenvalue weighted by molar-refractivity contribution is 0.413. The Morgan fingerprint density at radius 1 is 1.27 bits per heavy atom. The SMILES string of the molecule is CCNC(=NCc1sc(-c2ccccc2)nc1C)NC1CCCC(S(=O)CC)C1.I. The van der Waals surface area contributed by atoms with Crippen LogP contribution < -0.4 is 10.6 Å². The molecule has 0 bridgehead atoms. The highest BCUT2D eigenvalue weighted by molar-refractivity contribution is 14.0. The molecule has 1 aromatic carbocycles. The molecule has 3 atom stereocenters. The molecule has 166 valence electrons.